The first kappa shape index (κ1) is 13.6. The second-order valence-corrected chi connectivity index (χ2v) is 5.89. The smallest absolute Gasteiger partial charge is 0.242 e. The van der Waals surface area contributed by atoms with Crippen molar-refractivity contribution in [3.05, 3.63) is 35.9 Å². The molecule has 4 heteroatoms. The molecule has 0 aromatic heterocycles. The van der Waals surface area contributed by atoms with E-state index >= 15 is 0 Å². The van der Waals surface area contributed by atoms with Crippen molar-refractivity contribution in [1.82, 2.24) is 10.2 Å². The van der Waals surface area contributed by atoms with Gasteiger partial charge in [0.05, 0.1) is 6.10 Å². The van der Waals surface area contributed by atoms with Crippen LogP contribution >= 0.6 is 0 Å². The fourth-order valence-electron chi connectivity index (χ4n) is 2.89. The molecular weight excluding hydrogens is 252 g/mol. The lowest BCUT2D eigenvalue weighted by Crippen LogP contribution is -2.47. The topological polar surface area (TPSA) is 52.6 Å². The van der Waals surface area contributed by atoms with Crippen LogP contribution in [0, 0.1) is 0 Å². The number of amides is 1. The number of β-amino-alcohol motifs (C(OH)–C–C–N with tert-alkyl or cyclic N) is 1. The predicted molar refractivity (Wildman–Crippen MR) is 77.2 cm³/mol. The average molecular weight is 274 g/mol. The Kier molecular flexibility index (Phi) is 4.03. The summed E-state index contributed by atoms with van der Waals surface area (Å²) in [7, 11) is 0. The molecule has 2 aliphatic rings. The summed E-state index contributed by atoms with van der Waals surface area (Å²) in [4.78, 5) is 14.7. The third-order valence-corrected chi connectivity index (χ3v) is 4.08. The van der Waals surface area contributed by atoms with Gasteiger partial charge in [-0.05, 0) is 37.8 Å². The highest BCUT2D eigenvalue weighted by Crippen LogP contribution is 2.27. The first-order valence-electron chi connectivity index (χ1n) is 7.51. The summed E-state index contributed by atoms with van der Waals surface area (Å²) in [6.45, 7) is 1.45. The van der Waals surface area contributed by atoms with Gasteiger partial charge in [-0.2, -0.15) is 0 Å². The van der Waals surface area contributed by atoms with Gasteiger partial charge in [-0.25, -0.2) is 0 Å². The Labute approximate surface area is 119 Å². The fraction of sp³-hybridized carbons (Fsp3) is 0.562. The highest BCUT2D eigenvalue weighted by molar-refractivity contribution is 5.83. The van der Waals surface area contributed by atoms with E-state index in [0.29, 0.717) is 12.6 Å². The average Bonchev–Trinajstić information content (AvgIpc) is 3.24. The maximum Gasteiger partial charge on any atom is 0.242 e. The zero-order chi connectivity index (χ0) is 13.9. The Hall–Kier alpha value is -1.39. The molecule has 4 nitrogen and oxygen atoms in total. The van der Waals surface area contributed by atoms with Crippen molar-refractivity contribution in [3.8, 4) is 0 Å². The van der Waals surface area contributed by atoms with Crippen molar-refractivity contribution in [1.29, 1.82) is 0 Å². The van der Waals surface area contributed by atoms with Gasteiger partial charge < -0.3 is 10.4 Å². The number of aliphatic hydroxyl groups excluding tert-OH is 1. The van der Waals surface area contributed by atoms with Crippen LogP contribution in [0.4, 0.5) is 0 Å². The van der Waals surface area contributed by atoms with Crippen LogP contribution in [0.5, 0.6) is 0 Å². The van der Waals surface area contributed by atoms with Crippen LogP contribution in [-0.2, 0) is 4.79 Å². The molecule has 1 amide bonds. The maximum atomic E-state index is 12.6. The Morgan fingerprint density at radius 1 is 1.25 bits per heavy atom. The van der Waals surface area contributed by atoms with Gasteiger partial charge in [0, 0.05) is 12.6 Å². The highest BCUT2D eigenvalue weighted by atomic mass is 16.3. The molecule has 3 rings (SSSR count). The second-order valence-electron chi connectivity index (χ2n) is 5.89. The fourth-order valence-corrected chi connectivity index (χ4v) is 2.89. The largest absolute Gasteiger partial charge is 0.392 e. The second kappa shape index (κ2) is 5.94. The van der Waals surface area contributed by atoms with Gasteiger partial charge in [0.1, 0.15) is 6.04 Å². The number of nitrogens with zero attached hydrogens (tertiary/aromatic N) is 1. The predicted octanol–water partition coefficient (Wildman–Crippen LogP) is 1.46. The molecule has 1 aliphatic carbocycles. The van der Waals surface area contributed by atoms with Crippen LogP contribution in [-0.4, -0.2) is 41.1 Å². The van der Waals surface area contributed by atoms with Crippen molar-refractivity contribution in [2.75, 3.05) is 13.1 Å². The zero-order valence-electron chi connectivity index (χ0n) is 11.7. The Morgan fingerprint density at radius 3 is 2.65 bits per heavy atom. The third-order valence-electron chi connectivity index (χ3n) is 4.08. The molecule has 1 aromatic carbocycles. The van der Waals surface area contributed by atoms with Crippen LogP contribution < -0.4 is 5.32 Å². The molecule has 1 saturated carbocycles. The van der Waals surface area contributed by atoms with E-state index in [1.54, 1.807) is 0 Å². The molecule has 1 aliphatic heterocycles. The first-order chi connectivity index (χ1) is 9.74. The van der Waals surface area contributed by atoms with E-state index in [1.165, 1.54) is 0 Å². The normalized spacial score (nSPS) is 25.1. The van der Waals surface area contributed by atoms with Crippen LogP contribution in [0.25, 0.3) is 0 Å². The van der Waals surface area contributed by atoms with Crippen molar-refractivity contribution in [2.45, 2.75) is 43.9 Å². The molecule has 0 radical (unpaired) electrons. The molecule has 1 aromatic rings. The molecule has 1 heterocycles. The minimum absolute atomic E-state index is 0.0767. The number of hydrogen-bond donors (Lipinski definition) is 2. The van der Waals surface area contributed by atoms with E-state index in [4.69, 9.17) is 0 Å². The summed E-state index contributed by atoms with van der Waals surface area (Å²) in [5, 5.41) is 13.0. The van der Waals surface area contributed by atoms with E-state index in [0.717, 1.165) is 37.8 Å². The number of likely N-dealkylation sites (tertiary alicyclic amines) is 1. The molecule has 20 heavy (non-hydrogen) atoms. The first-order valence-corrected chi connectivity index (χ1v) is 7.51. The van der Waals surface area contributed by atoms with Gasteiger partial charge in [0.25, 0.3) is 0 Å². The number of hydrogen-bond acceptors (Lipinski definition) is 3. The summed E-state index contributed by atoms with van der Waals surface area (Å²) >= 11 is 0. The van der Waals surface area contributed by atoms with E-state index in [1.807, 2.05) is 30.3 Å². The van der Waals surface area contributed by atoms with Crippen molar-refractivity contribution in [3.63, 3.8) is 0 Å². The van der Waals surface area contributed by atoms with Crippen molar-refractivity contribution >= 4 is 5.91 Å². The van der Waals surface area contributed by atoms with E-state index < -0.39 is 0 Å². The Morgan fingerprint density at radius 2 is 2.00 bits per heavy atom. The third kappa shape index (κ3) is 3.19. The summed E-state index contributed by atoms with van der Waals surface area (Å²) in [5.41, 5.74) is 1.01. The van der Waals surface area contributed by atoms with Crippen LogP contribution in [0.3, 0.4) is 0 Å². The Bertz CT molecular complexity index is 459. The summed E-state index contributed by atoms with van der Waals surface area (Å²) in [5.74, 6) is 0.0767. The van der Waals surface area contributed by atoms with Gasteiger partial charge in [0.15, 0.2) is 0 Å². The van der Waals surface area contributed by atoms with Crippen molar-refractivity contribution < 1.29 is 9.90 Å². The SMILES string of the molecule is O=C(NC1CC1)[C@H](c1ccccc1)N1CCC[C@@H](O)C1. The number of carbonyl (C=O) groups is 1. The minimum atomic E-state index is -0.316. The quantitative estimate of drug-likeness (QED) is 0.874. The number of benzene rings is 1. The molecule has 2 atom stereocenters. The molecular formula is C16H22N2O2. The van der Waals surface area contributed by atoms with Crippen LogP contribution in [0.2, 0.25) is 0 Å². The summed E-state index contributed by atoms with van der Waals surface area (Å²) < 4.78 is 0. The highest BCUT2D eigenvalue weighted by Gasteiger charge is 2.34. The lowest BCUT2D eigenvalue weighted by atomic mass is 10.00. The molecule has 0 bridgehead atoms. The molecule has 0 unspecified atom stereocenters. The lowest BCUT2D eigenvalue weighted by Gasteiger charge is -2.36. The molecule has 1 saturated heterocycles. The minimum Gasteiger partial charge on any atom is -0.392 e. The maximum absolute atomic E-state index is 12.6. The monoisotopic (exact) mass is 274 g/mol. The van der Waals surface area contributed by atoms with Crippen LogP contribution in [0.1, 0.15) is 37.3 Å². The molecule has 2 fully saturated rings. The summed E-state index contributed by atoms with van der Waals surface area (Å²) in [6.07, 6.45) is 3.65. The van der Waals surface area contributed by atoms with Gasteiger partial charge in [-0.1, -0.05) is 30.3 Å². The number of aliphatic hydroxyl groups is 1. The van der Waals surface area contributed by atoms with Gasteiger partial charge in [-0.15, -0.1) is 0 Å². The van der Waals surface area contributed by atoms with Gasteiger partial charge in [0.2, 0.25) is 5.91 Å². The zero-order valence-corrected chi connectivity index (χ0v) is 11.7. The summed E-state index contributed by atoms with van der Waals surface area (Å²) in [6, 6.07) is 9.98. The van der Waals surface area contributed by atoms with Gasteiger partial charge >= 0.3 is 0 Å². The molecule has 108 valence electrons. The van der Waals surface area contributed by atoms with E-state index in [2.05, 4.69) is 10.2 Å². The molecule has 2 N–H and O–H groups in total. The van der Waals surface area contributed by atoms with Crippen molar-refractivity contribution in [2.24, 2.45) is 0 Å². The van der Waals surface area contributed by atoms with E-state index in [9.17, 15) is 9.90 Å². The molecule has 0 spiro atoms. The standard InChI is InChI=1S/C16H22N2O2/c19-14-7-4-10-18(11-14)15(12-5-2-1-3-6-12)16(20)17-13-8-9-13/h1-3,5-6,13-15,19H,4,7-11H2,(H,17,20)/t14-,15+/m1/s1. The number of nitrogens with one attached hydrogen (secondary N) is 1. The van der Waals surface area contributed by atoms with Gasteiger partial charge in [-0.3, -0.25) is 9.69 Å². The number of piperidine rings is 1. The lowest BCUT2D eigenvalue weighted by molar-refractivity contribution is -0.128. The number of rotatable bonds is 4. The van der Waals surface area contributed by atoms with Crippen LogP contribution in [0.15, 0.2) is 30.3 Å². The number of carbonyl (C=O) groups excluding carboxylic acids is 1. The Balaban J connectivity index is 1.80. The van der Waals surface area contributed by atoms with E-state index in [-0.39, 0.29) is 18.1 Å².